The number of aryl methyl sites for hydroxylation is 1. The van der Waals surface area contributed by atoms with Crippen molar-refractivity contribution in [3.63, 3.8) is 0 Å². The van der Waals surface area contributed by atoms with Crippen LogP contribution in [0.5, 0.6) is 0 Å². The summed E-state index contributed by atoms with van der Waals surface area (Å²) in [5, 5.41) is 0.303. The van der Waals surface area contributed by atoms with Crippen molar-refractivity contribution in [3.05, 3.63) is 95.7 Å². The van der Waals surface area contributed by atoms with Crippen LogP contribution < -0.4 is 4.90 Å². The third-order valence-electron chi connectivity index (χ3n) is 5.99. The van der Waals surface area contributed by atoms with Crippen LogP contribution in [0.2, 0.25) is 0 Å². The third kappa shape index (κ3) is 4.67. The van der Waals surface area contributed by atoms with Gasteiger partial charge in [0.25, 0.3) is 0 Å². The number of amides is 2. The Bertz CT molecular complexity index is 1490. The maximum Gasteiger partial charge on any atom is 0.339 e. The number of fused-ring (bicyclic) bond motifs is 1. The van der Waals surface area contributed by atoms with Gasteiger partial charge in [0.05, 0.1) is 16.5 Å². The molecule has 1 atom stereocenters. The number of rotatable bonds is 7. The lowest BCUT2D eigenvalue weighted by atomic mass is 10.1. The Hall–Kier alpha value is -4.17. The van der Waals surface area contributed by atoms with Crippen molar-refractivity contribution in [2.75, 3.05) is 11.5 Å². The quantitative estimate of drug-likeness (QED) is 0.220. The Morgan fingerprint density at radius 1 is 1.03 bits per heavy atom. The van der Waals surface area contributed by atoms with Gasteiger partial charge in [0.15, 0.2) is 12.4 Å². The van der Waals surface area contributed by atoms with Crippen LogP contribution >= 0.6 is 11.8 Å². The van der Waals surface area contributed by atoms with Crippen molar-refractivity contribution in [3.8, 4) is 0 Å². The second-order valence-corrected chi connectivity index (χ2v) is 9.73. The summed E-state index contributed by atoms with van der Waals surface area (Å²) in [4.78, 5) is 55.9. The number of aromatic nitrogens is 1. The molecule has 2 heterocycles. The van der Waals surface area contributed by atoms with E-state index in [4.69, 9.17) is 4.74 Å². The smallest absolute Gasteiger partial charge is 0.339 e. The monoisotopic (exact) mass is 498 g/mol. The standard InChI is InChI=1S/C28H22N2O5S/c1-17-6-8-19(9-7-17)23(31)16-35-28(34)21-4-2-3-5-24(21)36-25-15-26(32)30(27(25)33)20-11-10-18-12-13-29-22(18)14-20/h2-14,25,29H,15-16H2,1H3. The molecular weight excluding hydrogens is 476 g/mol. The van der Waals surface area contributed by atoms with E-state index in [0.29, 0.717) is 16.1 Å². The molecule has 0 aliphatic carbocycles. The van der Waals surface area contributed by atoms with E-state index < -0.39 is 17.8 Å². The molecule has 0 spiro atoms. The Kier molecular flexibility index (Phi) is 6.43. The largest absolute Gasteiger partial charge is 0.454 e. The lowest BCUT2D eigenvalue weighted by molar-refractivity contribution is -0.121. The molecular formula is C28H22N2O5S. The fourth-order valence-corrected chi connectivity index (χ4v) is 5.24. The summed E-state index contributed by atoms with van der Waals surface area (Å²) in [6.07, 6.45) is 1.81. The topological polar surface area (TPSA) is 96.5 Å². The molecule has 0 saturated carbocycles. The van der Waals surface area contributed by atoms with Crippen molar-refractivity contribution in [1.82, 2.24) is 4.98 Å². The Morgan fingerprint density at radius 3 is 2.61 bits per heavy atom. The zero-order valence-corrected chi connectivity index (χ0v) is 20.2. The number of ketones is 1. The summed E-state index contributed by atoms with van der Waals surface area (Å²) in [6, 6.07) is 21.0. The average Bonchev–Trinajstić information content (AvgIpc) is 3.46. The van der Waals surface area contributed by atoms with Crippen molar-refractivity contribution in [2.24, 2.45) is 0 Å². The molecule has 1 aliphatic rings. The van der Waals surface area contributed by atoms with Gasteiger partial charge in [-0.1, -0.05) is 48.0 Å². The van der Waals surface area contributed by atoms with Crippen LogP contribution in [0.15, 0.2) is 83.9 Å². The maximum absolute atomic E-state index is 13.2. The maximum atomic E-state index is 13.2. The van der Waals surface area contributed by atoms with E-state index in [9.17, 15) is 19.2 Å². The molecule has 5 rings (SSSR count). The Morgan fingerprint density at radius 2 is 1.81 bits per heavy atom. The zero-order valence-electron chi connectivity index (χ0n) is 19.4. The first-order valence-corrected chi connectivity index (χ1v) is 12.3. The van der Waals surface area contributed by atoms with Crippen LogP contribution in [0.3, 0.4) is 0 Å². The van der Waals surface area contributed by atoms with Gasteiger partial charge < -0.3 is 9.72 Å². The summed E-state index contributed by atoms with van der Waals surface area (Å²) in [5.41, 5.74) is 3.06. The van der Waals surface area contributed by atoms with Gasteiger partial charge in [-0.2, -0.15) is 0 Å². The minimum atomic E-state index is -0.681. The molecule has 0 bridgehead atoms. The number of hydrogen-bond acceptors (Lipinski definition) is 6. The van der Waals surface area contributed by atoms with Gasteiger partial charge in [-0.15, -0.1) is 11.8 Å². The van der Waals surface area contributed by atoms with Crippen LogP contribution in [0.25, 0.3) is 10.9 Å². The fourth-order valence-electron chi connectivity index (χ4n) is 4.07. The average molecular weight is 499 g/mol. The van der Waals surface area contributed by atoms with E-state index >= 15 is 0 Å². The molecule has 1 aromatic heterocycles. The molecule has 4 aromatic rings. The number of anilines is 1. The molecule has 3 aromatic carbocycles. The van der Waals surface area contributed by atoms with E-state index in [2.05, 4.69) is 4.98 Å². The van der Waals surface area contributed by atoms with Gasteiger partial charge in [-0.3, -0.25) is 14.4 Å². The highest BCUT2D eigenvalue weighted by molar-refractivity contribution is 8.00. The predicted octanol–water partition coefficient (Wildman–Crippen LogP) is 4.94. The van der Waals surface area contributed by atoms with Crippen LogP contribution in [0.4, 0.5) is 5.69 Å². The van der Waals surface area contributed by atoms with Gasteiger partial charge >= 0.3 is 5.97 Å². The molecule has 0 radical (unpaired) electrons. The number of carbonyl (C=O) groups excluding carboxylic acids is 4. The van der Waals surface area contributed by atoms with E-state index in [-0.39, 0.29) is 29.6 Å². The highest BCUT2D eigenvalue weighted by Crippen LogP contribution is 2.36. The number of thioether (sulfide) groups is 1. The molecule has 36 heavy (non-hydrogen) atoms. The van der Waals surface area contributed by atoms with Crippen molar-refractivity contribution < 1.29 is 23.9 Å². The number of benzene rings is 3. The lowest BCUT2D eigenvalue weighted by Crippen LogP contribution is -2.31. The van der Waals surface area contributed by atoms with Crippen LogP contribution in [0.1, 0.15) is 32.7 Å². The normalized spacial score (nSPS) is 15.5. The molecule has 2 amide bonds. The van der Waals surface area contributed by atoms with Crippen molar-refractivity contribution in [2.45, 2.75) is 23.5 Å². The Labute approximate surface area is 211 Å². The zero-order chi connectivity index (χ0) is 25.2. The van der Waals surface area contributed by atoms with E-state index in [1.165, 1.54) is 4.90 Å². The number of hydrogen-bond donors (Lipinski definition) is 1. The number of nitrogens with one attached hydrogen (secondary N) is 1. The van der Waals surface area contributed by atoms with Crippen molar-refractivity contribution >= 4 is 51.9 Å². The summed E-state index contributed by atoms with van der Waals surface area (Å²) in [5.74, 6) is -1.61. The highest BCUT2D eigenvalue weighted by atomic mass is 32.2. The SMILES string of the molecule is Cc1ccc(C(=O)COC(=O)c2ccccc2SC2CC(=O)N(c3ccc4cc[nH]c4c3)C2=O)cc1. The molecule has 180 valence electrons. The van der Waals surface area contributed by atoms with Gasteiger partial charge in [0, 0.05) is 28.6 Å². The number of Topliss-reactive ketones (excluding diaryl/α,β-unsaturated/α-hetero) is 1. The number of carbonyl (C=O) groups is 4. The van der Waals surface area contributed by atoms with Crippen LogP contribution in [0, 0.1) is 6.92 Å². The van der Waals surface area contributed by atoms with Crippen LogP contribution in [-0.4, -0.2) is 40.4 Å². The van der Waals surface area contributed by atoms with Gasteiger partial charge in [-0.05, 0) is 42.6 Å². The van der Waals surface area contributed by atoms with Gasteiger partial charge in [0.1, 0.15) is 0 Å². The molecule has 1 fully saturated rings. The summed E-state index contributed by atoms with van der Waals surface area (Å²) in [6.45, 7) is 1.53. The third-order valence-corrected chi connectivity index (χ3v) is 7.25. The van der Waals surface area contributed by atoms with E-state index in [1.807, 2.05) is 31.2 Å². The number of esters is 1. The van der Waals surface area contributed by atoms with Crippen LogP contribution in [-0.2, 0) is 14.3 Å². The lowest BCUT2D eigenvalue weighted by Gasteiger charge is -2.16. The van der Waals surface area contributed by atoms with Gasteiger partial charge in [-0.25, -0.2) is 9.69 Å². The molecule has 8 heteroatoms. The van der Waals surface area contributed by atoms with E-state index in [1.54, 1.807) is 54.7 Å². The first-order valence-electron chi connectivity index (χ1n) is 11.4. The number of imide groups is 1. The predicted molar refractivity (Wildman–Crippen MR) is 137 cm³/mol. The number of H-pyrrole nitrogens is 1. The summed E-state index contributed by atoms with van der Waals surface area (Å²) >= 11 is 1.15. The van der Waals surface area contributed by atoms with Gasteiger partial charge in [0.2, 0.25) is 11.8 Å². The summed E-state index contributed by atoms with van der Waals surface area (Å²) < 4.78 is 5.28. The second kappa shape index (κ2) is 9.83. The summed E-state index contributed by atoms with van der Waals surface area (Å²) in [7, 11) is 0. The highest BCUT2D eigenvalue weighted by Gasteiger charge is 2.40. The second-order valence-electron chi connectivity index (χ2n) is 8.49. The Balaban J connectivity index is 1.29. The number of aromatic amines is 1. The number of ether oxygens (including phenoxy) is 1. The molecule has 7 nitrogen and oxygen atoms in total. The molecule has 1 N–H and O–H groups in total. The number of nitrogens with zero attached hydrogens (tertiary/aromatic N) is 1. The fraction of sp³-hybridized carbons (Fsp3) is 0.143. The molecule has 1 unspecified atom stereocenters. The van der Waals surface area contributed by atoms with Crippen molar-refractivity contribution in [1.29, 1.82) is 0 Å². The van der Waals surface area contributed by atoms with E-state index in [0.717, 1.165) is 28.2 Å². The minimum absolute atomic E-state index is 0.0154. The molecule has 1 aliphatic heterocycles. The minimum Gasteiger partial charge on any atom is -0.454 e. The molecule has 1 saturated heterocycles. The first-order chi connectivity index (χ1) is 17.4. The first kappa shape index (κ1) is 23.6.